The number of benzene rings is 2. The number of nitriles is 1. The van der Waals surface area contributed by atoms with Gasteiger partial charge in [-0.2, -0.15) is 5.26 Å². The summed E-state index contributed by atoms with van der Waals surface area (Å²) in [6.07, 6.45) is 13.4. The Kier molecular flexibility index (Phi) is 8.71. The van der Waals surface area contributed by atoms with Crippen LogP contribution in [-0.4, -0.2) is 5.97 Å². The Morgan fingerprint density at radius 3 is 2.39 bits per heavy atom. The van der Waals surface area contributed by atoms with Gasteiger partial charge in [-0.15, -0.1) is 0 Å². The van der Waals surface area contributed by atoms with Gasteiger partial charge in [0.2, 0.25) is 0 Å². The van der Waals surface area contributed by atoms with Gasteiger partial charge in [0, 0.05) is 0 Å². The summed E-state index contributed by atoms with van der Waals surface area (Å²) >= 11 is 0. The van der Waals surface area contributed by atoms with Crippen molar-refractivity contribution < 1.29 is 9.53 Å². The number of carbonyl (C=O) groups excluding carboxylic acids is 1. The molecule has 0 saturated heterocycles. The highest BCUT2D eigenvalue weighted by Crippen LogP contribution is 2.38. The van der Waals surface area contributed by atoms with Gasteiger partial charge in [0.1, 0.15) is 11.8 Å². The highest BCUT2D eigenvalue weighted by atomic mass is 16.5. The summed E-state index contributed by atoms with van der Waals surface area (Å²) in [5.74, 6) is 1.40. The fourth-order valence-corrected chi connectivity index (χ4v) is 4.69. The minimum atomic E-state index is -0.418. The molecule has 3 heteroatoms. The fraction of sp³-hybridized carbons (Fsp3) is 0.500. The normalized spacial score (nSPS) is 18.4. The number of nitrogens with zero attached hydrogens (tertiary/aromatic N) is 1. The molecule has 0 bridgehead atoms. The first-order chi connectivity index (χ1) is 15.1. The van der Waals surface area contributed by atoms with Crippen LogP contribution in [0.1, 0.15) is 104 Å². The van der Waals surface area contributed by atoms with Crippen molar-refractivity contribution >= 4 is 5.97 Å². The van der Waals surface area contributed by atoms with Crippen LogP contribution in [0.25, 0.3) is 0 Å². The number of hydrogen-bond acceptors (Lipinski definition) is 3. The Hall–Kier alpha value is -2.60. The van der Waals surface area contributed by atoms with E-state index < -0.39 is 5.97 Å². The maximum absolute atomic E-state index is 12.5. The lowest BCUT2D eigenvalue weighted by Crippen LogP contribution is -2.14. The van der Waals surface area contributed by atoms with E-state index in [0.29, 0.717) is 22.8 Å². The van der Waals surface area contributed by atoms with Crippen LogP contribution in [0.4, 0.5) is 0 Å². The summed E-state index contributed by atoms with van der Waals surface area (Å²) in [5.41, 5.74) is 3.19. The summed E-state index contributed by atoms with van der Waals surface area (Å²) in [5, 5.41) is 9.27. The minimum absolute atomic E-state index is 0.315. The lowest BCUT2D eigenvalue weighted by atomic mass is 9.77. The predicted octanol–water partition coefficient (Wildman–Crippen LogP) is 7.72. The third-order valence-corrected chi connectivity index (χ3v) is 6.64. The molecular formula is C28H35NO2. The van der Waals surface area contributed by atoms with Gasteiger partial charge in [-0.25, -0.2) is 4.79 Å². The van der Waals surface area contributed by atoms with Crippen molar-refractivity contribution in [1.29, 1.82) is 5.26 Å². The lowest BCUT2D eigenvalue weighted by molar-refractivity contribution is 0.0734. The second kappa shape index (κ2) is 11.7. The van der Waals surface area contributed by atoms with E-state index in [2.05, 4.69) is 25.1 Å². The standard InChI is InChI=1S/C28H35NO2/c1-3-4-5-6-7-8-22-10-12-23(13-11-22)24-14-16-25(17-15-24)28(30)31-27-18-9-21(2)19-26(27)20-29/h9,14-19,22-23H,3-8,10-13H2,1-2H3. The molecule has 0 amide bonds. The van der Waals surface area contributed by atoms with E-state index in [-0.39, 0.29) is 0 Å². The molecule has 164 valence electrons. The van der Waals surface area contributed by atoms with Crippen LogP contribution in [0.15, 0.2) is 42.5 Å². The molecule has 0 aliphatic heterocycles. The van der Waals surface area contributed by atoms with Crippen LogP contribution in [-0.2, 0) is 0 Å². The zero-order valence-corrected chi connectivity index (χ0v) is 19.0. The van der Waals surface area contributed by atoms with Crippen molar-refractivity contribution in [2.45, 2.75) is 84.0 Å². The van der Waals surface area contributed by atoms with E-state index in [1.807, 2.05) is 25.1 Å². The molecule has 0 unspecified atom stereocenters. The van der Waals surface area contributed by atoms with Crippen LogP contribution in [0.3, 0.4) is 0 Å². The van der Waals surface area contributed by atoms with Crippen molar-refractivity contribution in [3.05, 3.63) is 64.7 Å². The molecule has 3 nitrogen and oxygen atoms in total. The molecule has 0 spiro atoms. The summed E-state index contributed by atoms with van der Waals surface area (Å²) < 4.78 is 5.48. The first-order valence-corrected chi connectivity index (χ1v) is 11.9. The van der Waals surface area contributed by atoms with Crippen LogP contribution < -0.4 is 4.74 Å². The maximum Gasteiger partial charge on any atom is 0.343 e. The molecule has 2 aromatic rings. The molecule has 31 heavy (non-hydrogen) atoms. The number of esters is 1. The topological polar surface area (TPSA) is 50.1 Å². The summed E-state index contributed by atoms with van der Waals surface area (Å²) in [6, 6.07) is 15.2. The van der Waals surface area contributed by atoms with Gasteiger partial charge in [0.05, 0.1) is 11.1 Å². The van der Waals surface area contributed by atoms with Crippen molar-refractivity contribution in [2.75, 3.05) is 0 Å². The first-order valence-electron chi connectivity index (χ1n) is 11.9. The Labute approximate surface area is 187 Å². The molecule has 0 aromatic heterocycles. The molecule has 0 N–H and O–H groups in total. The van der Waals surface area contributed by atoms with E-state index in [4.69, 9.17) is 4.74 Å². The minimum Gasteiger partial charge on any atom is -0.422 e. The van der Waals surface area contributed by atoms with Crippen molar-refractivity contribution in [3.8, 4) is 11.8 Å². The highest BCUT2D eigenvalue weighted by molar-refractivity contribution is 5.91. The quantitative estimate of drug-likeness (QED) is 0.238. The highest BCUT2D eigenvalue weighted by Gasteiger charge is 2.22. The number of hydrogen-bond donors (Lipinski definition) is 0. The summed E-state index contributed by atoms with van der Waals surface area (Å²) in [7, 11) is 0. The average molecular weight is 418 g/mol. The number of unbranched alkanes of at least 4 members (excludes halogenated alkanes) is 4. The van der Waals surface area contributed by atoms with E-state index in [0.717, 1.165) is 11.5 Å². The van der Waals surface area contributed by atoms with Gasteiger partial charge in [0.25, 0.3) is 0 Å². The number of carbonyl (C=O) groups is 1. The van der Waals surface area contributed by atoms with E-state index in [9.17, 15) is 10.1 Å². The largest absolute Gasteiger partial charge is 0.422 e. The zero-order valence-electron chi connectivity index (χ0n) is 19.0. The third kappa shape index (κ3) is 6.69. The monoisotopic (exact) mass is 417 g/mol. The molecule has 1 aliphatic rings. The van der Waals surface area contributed by atoms with Gasteiger partial charge >= 0.3 is 5.97 Å². The molecule has 1 fully saturated rings. The van der Waals surface area contributed by atoms with Gasteiger partial charge < -0.3 is 4.74 Å². The van der Waals surface area contributed by atoms with Crippen molar-refractivity contribution in [1.82, 2.24) is 0 Å². The average Bonchev–Trinajstić information content (AvgIpc) is 2.80. The molecule has 3 rings (SSSR count). The Balaban J connectivity index is 1.49. The number of rotatable bonds is 9. The second-order valence-corrected chi connectivity index (χ2v) is 9.04. The van der Waals surface area contributed by atoms with Crippen LogP contribution in [0.2, 0.25) is 0 Å². The molecule has 1 aliphatic carbocycles. The Morgan fingerprint density at radius 2 is 1.71 bits per heavy atom. The lowest BCUT2D eigenvalue weighted by Gasteiger charge is -2.29. The first kappa shape index (κ1) is 23.1. The zero-order chi connectivity index (χ0) is 22.1. The molecule has 0 heterocycles. The fourth-order valence-electron chi connectivity index (χ4n) is 4.69. The molecule has 2 aromatic carbocycles. The molecular weight excluding hydrogens is 382 g/mol. The number of ether oxygens (including phenoxy) is 1. The Morgan fingerprint density at radius 1 is 1.00 bits per heavy atom. The van der Waals surface area contributed by atoms with E-state index >= 15 is 0 Å². The van der Waals surface area contributed by atoms with Gasteiger partial charge in [0.15, 0.2) is 0 Å². The van der Waals surface area contributed by atoms with E-state index in [1.165, 1.54) is 69.8 Å². The second-order valence-electron chi connectivity index (χ2n) is 9.04. The van der Waals surface area contributed by atoms with Crippen LogP contribution in [0.5, 0.6) is 5.75 Å². The van der Waals surface area contributed by atoms with Crippen LogP contribution >= 0.6 is 0 Å². The maximum atomic E-state index is 12.5. The smallest absolute Gasteiger partial charge is 0.343 e. The van der Waals surface area contributed by atoms with E-state index in [1.54, 1.807) is 12.1 Å². The Bertz CT molecular complexity index is 886. The molecule has 0 radical (unpaired) electrons. The van der Waals surface area contributed by atoms with Crippen LogP contribution in [0, 0.1) is 24.2 Å². The number of aryl methyl sites for hydroxylation is 1. The SMILES string of the molecule is CCCCCCCC1CCC(c2ccc(C(=O)Oc3ccc(C)cc3C#N)cc2)CC1. The summed E-state index contributed by atoms with van der Waals surface area (Å²) in [6.45, 7) is 4.18. The van der Waals surface area contributed by atoms with Gasteiger partial charge in [-0.3, -0.25) is 0 Å². The molecule has 1 saturated carbocycles. The summed E-state index contributed by atoms with van der Waals surface area (Å²) in [4.78, 5) is 12.5. The van der Waals surface area contributed by atoms with Crippen molar-refractivity contribution in [2.24, 2.45) is 5.92 Å². The van der Waals surface area contributed by atoms with Gasteiger partial charge in [-0.05, 0) is 79.8 Å². The van der Waals surface area contributed by atoms with Gasteiger partial charge in [-0.1, -0.05) is 63.6 Å². The molecule has 0 atom stereocenters. The van der Waals surface area contributed by atoms with Crippen molar-refractivity contribution in [3.63, 3.8) is 0 Å². The third-order valence-electron chi connectivity index (χ3n) is 6.64. The predicted molar refractivity (Wildman–Crippen MR) is 125 cm³/mol.